The van der Waals surface area contributed by atoms with Crippen LogP contribution >= 0.6 is 0 Å². The Hall–Kier alpha value is -1.06. The van der Waals surface area contributed by atoms with Crippen molar-refractivity contribution in [2.45, 2.75) is 33.1 Å². The zero-order valence-corrected chi connectivity index (χ0v) is 7.87. The second-order valence-corrected chi connectivity index (χ2v) is 2.51. The van der Waals surface area contributed by atoms with Gasteiger partial charge in [-0.25, -0.2) is 0 Å². The molecule has 0 bridgehead atoms. The van der Waals surface area contributed by atoms with Crippen molar-refractivity contribution in [1.29, 1.82) is 0 Å². The molecule has 0 atom stereocenters. The molecule has 0 aliphatic heterocycles. The largest absolute Gasteiger partial charge is 0.411 e. The van der Waals surface area contributed by atoms with Crippen molar-refractivity contribution in [3.8, 4) is 0 Å². The van der Waals surface area contributed by atoms with Crippen LogP contribution in [0, 0.1) is 0 Å². The van der Waals surface area contributed by atoms with Crippen LogP contribution in [0.25, 0.3) is 0 Å². The zero-order chi connectivity index (χ0) is 9.40. The molecule has 0 saturated heterocycles. The van der Waals surface area contributed by atoms with Crippen LogP contribution in [0.1, 0.15) is 33.1 Å². The Morgan fingerprint density at radius 1 is 1.50 bits per heavy atom. The summed E-state index contributed by atoms with van der Waals surface area (Å²) in [4.78, 5) is 4.56. The van der Waals surface area contributed by atoms with Gasteiger partial charge in [0.15, 0.2) is 0 Å². The molecule has 70 valence electrons. The maximum absolute atomic E-state index is 8.60. The fourth-order valence-electron chi connectivity index (χ4n) is 0.837. The summed E-state index contributed by atoms with van der Waals surface area (Å²) in [6, 6.07) is 0. The molecule has 0 radical (unpaired) electrons. The number of unbranched alkanes of at least 4 members (excludes halogenated alkanes) is 1. The van der Waals surface area contributed by atoms with Crippen molar-refractivity contribution >= 4 is 11.4 Å². The monoisotopic (exact) mass is 172 g/mol. The molecule has 0 spiro atoms. The van der Waals surface area contributed by atoms with E-state index in [0.29, 0.717) is 11.4 Å². The molecule has 12 heavy (non-hydrogen) atoms. The van der Waals surface area contributed by atoms with E-state index in [-0.39, 0.29) is 0 Å². The van der Waals surface area contributed by atoms with Crippen LogP contribution in [0.4, 0.5) is 0 Å². The lowest BCUT2D eigenvalue weighted by Gasteiger charge is -2.00. The highest BCUT2D eigenvalue weighted by Gasteiger charge is 2.03. The van der Waals surface area contributed by atoms with E-state index >= 15 is 0 Å². The molecule has 4 heteroatoms. The quantitative estimate of drug-likeness (QED) is 0.392. The molecule has 0 fully saturated rings. The van der Waals surface area contributed by atoms with Crippen LogP contribution in [-0.2, 0) is 4.84 Å². The van der Waals surface area contributed by atoms with Crippen LogP contribution in [-0.4, -0.2) is 23.7 Å². The molecule has 0 aromatic heterocycles. The fourth-order valence-corrected chi connectivity index (χ4v) is 0.837. The lowest BCUT2D eigenvalue weighted by atomic mass is 10.1. The van der Waals surface area contributed by atoms with Gasteiger partial charge >= 0.3 is 0 Å². The first-order valence-corrected chi connectivity index (χ1v) is 4.05. The van der Waals surface area contributed by atoms with E-state index in [2.05, 4.69) is 22.1 Å². The van der Waals surface area contributed by atoms with Gasteiger partial charge in [-0.1, -0.05) is 23.7 Å². The van der Waals surface area contributed by atoms with Gasteiger partial charge in [-0.15, -0.1) is 0 Å². The smallest absolute Gasteiger partial charge is 0.106 e. The number of oxime groups is 2. The van der Waals surface area contributed by atoms with E-state index in [1.165, 1.54) is 7.11 Å². The summed E-state index contributed by atoms with van der Waals surface area (Å²) in [6.07, 6.45) is 2.81. The first-order chi connectivity index (χ1) is 5.76. The van der Waals surface area contributed by atoms with Gasteiger partial charge in [0.2, 0.25) is 0 Å². The highest BCUT2D eigenvalue weighted by atomic mass is 16.6. The summed E-state index contributed by atoms with van der Waals surface area (Å²) in [5.41, 5.74) is 1.23. The molecule has 0 aliphatic rings. The van der Waals surface area contributed by atoms with E-state index in [9.17, 15) is 0 Å². The third-order valence-electron chi connectivity index (χ3n) is 1.53. The minimum absolute atomic E-state index is 0.596. The van der Waals surface area contributed by atoms with Gasteiger partial charge in [-0.2, -0.15) is 0 Å². The molecule has 0 amide bonds. The van der Waals surface area contributed by atoms with Crippen molar-refractivity contribution in [1.82, 2.24) is 0 Å². The lowest BCUT2D eigenvalue weighted by molar-refractivity contribution is 0.214. The Labute approximate surface area is 72.9 Å². The lowest BCUT2D eigenvalue weighted by Crippen LogP contribution is -2.10. The summed E-state index contributed by atoms with van der Waals surface area (Å²) in [7, 11) is 1.47. The minimum Gasteiger partial charge on any atom is -0.411 e. The first-order valence-electron chi connectivity index (χ1n) is 4.05. The average molecular weight is 172 g/mol. The zero-order valence-electron chi connectivity index (χ0n) is 7.87. The number of hydrogen-bond donors (Lipinski definition) is 1. The molecule has 0 aromatic carbocycles. The van der Waals surface area contributed by atoms with Crippen molar-refractivity contribution in [3.05, 3.63) is 0 Å². The number of hydrogen-bond acceptors (Lipinski definition) is 4. The first kappa shape index (κ1) is 10.9. The second-order valence-electron chi connectivity index (χ2n) is 2.51. The molecule has 0 heterocycles. The van der Waals surface area contributed by atoms with Gasteiger partial charge in [0.1, 0.15) is 18.5 Å². The van der Waals surface area contributed by atoms with Gasteiger partial charge in [0.25, 0.3) is 0 Å². The van der Waals surface area contributed by atoms with E-state index in [1.54, 1.807) is 6.92 Å². The predicted octanol–water partition coefficient (Wildman–Crippen LogP) is 2.03. The molecule has 1 N–H and O–H groups in total. The third-order valence-corrected chi connectivity index (χ3v) is 1.53. The van der Waals surface area contributed by atoms with Gasteiger partial charge in [0.05, 0.1) is 0 Å². The summed E-state index contributed by atoms with van der Waals surface area (Å²) < 4.78 is 0. The standard InChI is InChI=1S/C8H16N2O2/c1-4-5-6-8(9-11)7(2)10-12-3/h11H,4-6H2,1-3H3. The normalized spacial score (nSPS) is 13.2. The maximum atomic E-state index is 8.60. The maximum Gasteiger partial charge on any atom is 0.106 e. The van der Waals surface area contributed by atoms with Gasteiger partial charge < -0.3 is 10.0 Å². The third kappa shape index (κ3) is 3.95. The Bertz CT molecular complexity index is 176. The molecule has 0 aromatic rings. The van der Waals surface area contributed by atoms with Crippen LogP contribution in [0.2, 0.25) is 0 Å². The van der Waals surface area contributed by atoms with Crippen molar-refractivity contribution in [3.63, 3.8) is 0 Å². The van der Waals surface area contributed by atoms with Crippen LogP contribution in [0.15, 0.2) is 10.3 Å². The summed E-state index contributed by atoms with van der Waals surface area (Å²) in [5, 5.41) is 15.4. The molecule has 4 nitrogen and oxygen atoms in total. The Kier molecular flexibility index (Phi) is 6.05. The Morgan fingerprint density at radius 2 is 2.17 bits per heavy atom. The molecule has 0 aliphatic carbocycles. The van der Waals surface area contributed by atoms with E-state index in [0.717, 1.165) is 19.3 Å². The summed E-state index contributed by atoms with van der Waals surface area (Å²) in [6.45, 7) is 3.84. The molecule has 0 saturated carbocycles. The number of nitrogens with zero attached hydrogens (tertiary/aromatic N) is 2. The van der Waals surface area contributed by atoms with Crippen LogP contribution in [0.3, 0.4) is 0 Å². The molecular formula is C8H16N2O2. The predicted molar refractivity (Wildman–Crippen MR) is 48.9 cm³/mol. The van der Waals surface area contributed by atoms with E-state index in [1.807, 2.05) is 0 Å². The molecule has 0 unspecified atom stereocenters. The van der Waals surface area contributed by atoms with Crippen molar-refractivity contribution in [2.75, 3.05) is 7.11 Å². The van der Waals surface area contributed by atoms with E-state index < -0.39 is 0 Å². The molecule has 0 rings (SSSR count). The van der Waals surface area contributed by atoms with Gasteiger partial charge in [-0.3, -0.25) is 0 Å². The van der Waals surface area contributed by atoms with Crippen LogP contribution < -0.4 is 0 Å². The minimum atomic E-state index is 0.596. The fraction of sp³-hybridized carbons (Fsp3) is 0.750. The molecular weight excluding hydrogens is 156 g/mol. The summed E-state index contributed by atoms with van der Waals surface area (Å²) in [5.74, 6) is 0. The Balaban J connectivity index is 4.07. The van der Waals surface area contributed by atoms with Crippen molar-refractivity contribution in [2.24, 2.45) is 10.3 Å². The highest BCUT2D eigenvalue weighted by molar-refractivity contribution is 6.41. The SMILES string of the molecule is CCCCC(=NO)C(C)=NOC. The second kappa shape index (κ2) is 6.64. The Morgan fingerprint density at radius 3 is 2.58 bits per heavy atom. The van der Waals surface area contributed by atoms with Crippen LogP contribution in [0.5, 0.6) is 0 Å². The summed E-state index contributed by atoms with van der Waals surface area (Å²) >= 11 is 0. The van der Waals surface area contributed by atoms with Crippen molar-refractivity contribution < 1.29 is 10.0 Å². The van der Waals surface area contributed by atoms with Gasteiger partial charge in [0, 0.05) is 0 Å². The van der Waals surface area contributed by atoms with E-state index in [4.69, 9.17) is 5.21 Å². The average Bonchev–Trinajstić information content (AvgIpc) is 2.06. The topological polar surface area (TPSA) is 54.2 Å². The highest BCUT2D eigenvalue weighted by Crippen LogP contribution is 1.99. The number of rotatable bonds is 5. The van der Waals surface area contributed by atoms with Gasteiger partial charge in [-0.05, 0) is 19.8 Å².